The van der Waals surface area contributed by atoms with E-state index in [2.05, 4.69) is 5.32 Å². The Morgan fingerprint density at radius 2 is 2.10 bits per heavy atom. The zero-order valence-electron chi connectivity index (χ0n) is 11.8. The summed E-state index contributed by atoms with van der Waals surface area (Å²) in [4.78, 5) is 34.5. The van der Waals surface area contributed by atoms with Crippen molar-refractivity contribution in [3.63, 3.8) is 0 Å². The fourth-order valence-corrected chi connectivity index (χ4v) is 2.27. The van der Waals surface area contributed by atoms with Gasteiger partial charge in [0.05, 0.1) is 0 Å². The second-order valence-electron chi connectivity index (χ2n) is 5.08. The summed E-state index contributed by atoms with van der Waals surface area (Å²) >= 11 is 0. The van der Waals surface area contributed by atoms with Crippen molar-refractivity contribution in [1.82, 2.24) is 9.88 Å². The molecule has 0 spiro atoms. The Hall–Kier alpha value is -2.15. The van der Waals surface area contributed by atoms with Crippen LogP contribution in [0, 0.1) is 6.92 Å². The number of carboxylic acids is 1. The minimum absolute atomic E-state index is 0.0102. The molecule has 2 N–H and O–H groups in total. The molecule has 0 atom stereocenters. The Kier molecular flexibility index (Phi) is 4.74. The third kappa shape index (κ3) is 3.91. The first-order valence-electron chi connectivity index (χ1n) is 6.79. The summed E-state index contributed by atoms with van der Waals surface area (Å²) in [7, 11) is 0. The summed E-state index contributed by atoms with van der Waals surface area (Å²) in [5, 5.41) is 11.8. The largest absolute Gasteiger partial charge is 0.477 e. The molecule has 114 valence electrons. The highest BCUT2D eigenvalue weighted by Crippen LogP contribution is 2.06. The summed E-state index contributed by atoms with van der Waals surface area (Å²) in [5.41, 5.74) is -0.340. The quantitative estimate of drug-likeness (QED) is 0.824. The molecule has 1 aromatic rings. The van der Waals surface area contributed by atoms with Crippen molar-refractivity contribution in [2.45, 2.75) is 32.4 Å². The van der Waals surface area contributed by atoms with Crippen LogP contribution < -0.4 is 10.7 Å². The number of aryl methyl sites for hydroxylation is 1. The summed E-state index contributed by atoms with van der Waals surface area (Å²) in [5.74, 6) is -1.50. The number of amides is 1. The molecule has 1 saturated heterocycles. The summed E-state index contributed by atoms with van der Waals surface area (Å²) in [6.45, 7) is 2.91. The van der Waals surface area contributed by atoms with Gasteiger partial charge < -0.3 is 19.7 Å². The maximum Gasteiger partial charge on any atom is 0.341 e. The molecule has 1 aliphatic rings. The number of hydrogen-bond acceptors (Lipinski definition) is 4. The zero-order valence-corrected chi connectivity index (χ0v) is 11.8. The van der Waals surface area contributed by atoms with Crippen LogP contribution in [0.1, 0.15) is 28.9 Å². The molecule has 0 bridgehead atoms. The minimum Gasteiger partial charge on any atom is -0.477 e. The van der Waals surface area contributed by atoms with Gasteiger partial charge in [-0.05, 0) is 19.8 Å². The Morgan fingerprint density at radius 3 is 2.71 bits per heavy atom. The molecule has 1 fully saturated rings. The predicted octanol–water partition coefficient (Wildman–Crippen LogP) is 0.150. The first-order valence-corrected chi connectivity index (χ1v) is 6.79. The van der Waals surface area contributed by atoms with E-state index in [9.17, 15) is 14.4 Å². The molecule has 21 heavy (non-hydrogen) atoms. The van der Waals surface area contributed by atoms with Gasteiger partial charge in [-0.25, -0.2) is 4.79 Å². The Balaban J connectivity index is 2.07. The van der Waals surface area contributed by atoms with E-state index in [1.54, 1.807) is 6.92 Å². The van der Waals surface area contributed by atoms with Crippen molar-refractivity contribution >= 4 is 11.9 Å². The number of carbonyl (C=O) groups excluding carboxylic acids is 1. The molecule has 0 radical (unpaired) electrons. The molecule has 0 saturated carbocycles. The van der Waals surface area contributed by atoms with Crippen LogP contribution in [0.25, 0.3) is 0 Å². The van der Waals surface area contributed by atoms with Gasteiger partial charge in [0.2, 0.25) is 5.91 Å². The lowest BCUT2D eigenvalue weighted by molar-refractivity contribution is -0.123. The Labute approximate surface area is 121 Å². The topological polar surface area (TPSA) is 97.6 Å². The number of nitrogens with one attached hydrogen (secondary N) is 1. The number of hydrogen-bond donors (Lipinski definition) is 2. The standard InChI is InChI=1S/C14H18N2O5/c1-9-6-12(17)11(14(19)20)7-16(9)8-13(18)15-10-2-4-21-5-3-10/h6-7,10H,2-5,8H2,1H3,(H,15,18)(H,19,20). The maximum atomic E-state index is 12.0. The van der Waals surface area contributed by atoms with E-state index >= 15 is 0 Å². The molecule has 1 aliphatic heterocycles. The number of aromatic nitrogens is 1. The highest BCUT2D eigenvalue weighted by Gasteiger charge is 2.17. The van der Waals surface area contributed by atoms with Gasteiger partial charge in [0.15, 0.2) is 5.43 Å². The molecule has 0 aliphatic carbocycles. The highest BCUT2D eigenvalue weighted by molar-refractivity contribution is 5.87. The molecule has 0 aromatic carbocycles. The van der Waals surface area contributed by atoms with Crippen LogP contribution in [0.4, 0.5) is 0 Å². The molecule has 7 nitrogen and oxygen atoms in total. The van der Waals surface area contributed by atoms with Gasteiger partial charge in [-0.1, -0.05) is 0 Å². The summed E-state index contributed by atoms with van der Waals surface area (Å²) in [6, 6.07) is 1.32. The van der Waals surface area contributed by atoms with Gasteiger partial charge in [-0.3, -0.25) is 9.59 Å². The summed E-state index contributed by atoms with van der Waals surface area (Å²) in [6.07, 6.45) is 2.76. The van der Waals surface area contributed by atoms with Crippen molar-refractivity contribution in [3.05, 3.63) is 33.7 Å². The fraction of sp³-hybridized carbons (Fsp3) is 0.500. The third-order valence-corrected chi connectivity index (χ3v) is 3.47. The monoisotopic (exact) mass is 294 g/mol. The normalized spacial score (nSPS) is 15.7. The van der Waals surface area contributed by atoms with Crippen LogP contribution >= 0.6 is 0 Å². The zero-order chi connectivity index (χ0) is 15.4. The van der Waals surface area contributed by atoms with E-state index in [4.69, 9.17) is 9.84 Å². The van der Waals surface area contributed by atoms with Crippen molar-refractivity contribution in [2.24, 2.45) is 0 Å². The minimum atomic E-state index is -1.29. The van der Waals surface area contributed by atoms with E-state index < -0.39 is 11.4 Å². The van der Waals surface area contributed by atoms with Crippen LogP contribution in [0.3, 0.4) is 0 Å². The SMILES string of the molecule is Cc1cc(=O)c(C(=O)O)cn1CC(=O)NC1CCOCC1. The Bertz CT molecular complexity index is 602. The van der Waals surface area contributed by atoms with Gasteiger partial charge in [0, 0.05) is 37.2 Å². The molecule has 1 amide bonds. The van der Waals surface area contributed by atoms with Crippen LogP contribution in [0.15, 0.2) is 17.1 Å². The molecule has 0 unspecified atom stereocenters. The van der Waals surface area contributed by atoms with Crippen molar-refractivity contribution in [2.75, 3.05) is 13.2 Å². The van der Waals surface area contributed by atoms with E-state index in [1.165, 1.54) is 16.8 Å². The number of aromatic carboxylic acids is 1. The number of nitrogens with zero attached hydrogens (tertiary/aromatic N) is 1. The van der Waals surface area contributed by atoms with Gasteiger partial charge in [0.25, 0.3) is 0 Å². The first-order chi connectivity index (χ1) is 9.97. The van der Waals surface area contributed by atoms with Gasteiger partial charge >= 0.3 is 5.97 Å². The molecule has 2 heterocycles. The fourth-order valence-electron chi connectivity index (χ4n) is 2.27. The van der Waals surface area contributed by atoms with E-state index in [-0.39, 0.29) is 24.1 Å². The van der Waals surface area contributed by atoms with Crippen LogP contribution in [0.5, 0.6) is 0 Å². The van der Waals surface area contributed by atoms with E-state index in [1.807, 2.05) is 0 Å². The van der Waals surface area contributed by atoms with Crippen molar-refractivity contribution in [3.8, 4) is 0 Å². The number of pyridine rings is 1. The lowest BCUT2D eigenvalue weighted by Gasteiger charge is -2.23. The molecule has 7 heteroatoms. The van der Waals surface area contributed by atoms with E-state index in [0.717, 1.165) is 12.8 Å². The van der Waals surface area contributed by atoms with Crippen molar-refractivity contribution < 1.29 is 19.4 Å². The first kappa shape index (κ1) is 15.2. The van der Waals surface area contributed by atoms with Crippen LogP contribution in [-0.2, 0) is 16.1 Å². The second-order valence-corrected chi connectivity index (χ2v) is 5.08. The molecule has 2 rings (SSSR count). The number of carboxylic acid groups (broad SMARTS) is 1. The van der Waals surface area contributed by atoms with Gasteiger partial charge in [0.1, 0.15) is 12.1 Å². The van der Waals surface area contributed by atoms with Crippen LogP contribution in [-0.4, -0.2) is 40.8 Å². The Morgan fingerprint density at radius 1 is 1.43 bits per heavy atom. The average molecular weight is 294 g/mol. The predicted molar refractivity (Wildman–Crippen MR) is 74.4 cm³/mol. The molecule has 1 aromatic heterocycles. The van der Waals surface area contributed by atoms with Crippen molar-refractivity contribution in [1.29, 1.82) is 0 Å². The molecular formula is C14H18N2O5. The molecular weight excluding hydrogens is 276 g/mol. The second kappa shape index (κ2) is 6.53. The number of rotatable bonds is 4. The third-order valence-electron chi connectivity index (χ3n) is 3.47. The smallest absolute Gasteiger partial charge is 0.341 e. The number of carbonyl (C=O) groups is 2. The maximum absolute atomic E-state index is 12.0. The van der Waals surface area contributed by atoms with Gasteiger partial charge in [-0.15, -0.1) is 0 Å². The van der Waals surface area contributed by atoms with Crippen LogP contribution in [0.2, 0.25) is 0 Å². The average Bonchev–Trinajstić information content (AvgIpc) is 2.42. The lowest BCUT2D eigenvalue weighted by Crippen LogP contribution is -2.40. The van der Waals surface area contributed by atoms with E-state index in [0.29, 0.717) is 18.9 Å². The highest BCUT2D eigenvalue weighted by atomic mass is 16.5. The number of ether oxygens (including phenoxy) is 1. The van der Waals surface area contributed by atoms with Gasteiger partial charge in [-0.2, -0.15) is 0 Å². The summed E-state index contributed by atoms with van der Waals surface area (Å²) < 4.78 is 6.69. The lowest BCUT2D eigenvalue weighted by atomic mass is 10.1.